The predicted molar refractivity (Wildman–Crippen MR) is 182 cm³/mol. The first-order valence-electron chi connectivity index (χ1n) is 14.1. The number of rotatable bonds is 5. The molecule has 0 saturated heterocycles. The summed E-state index contributed by atoms with van der Waals surface area (Å²) >= 11 is 1.80. The highest BCUT2D eigenvalue weighted by Crippen LogP contribution is 2.44. The van der Waals surface area contributed by atoms with Gasteiger partial charge in [0.05, 0.1) is 21.4 Å². The van der Waals surface area contributed by atoms with Gasteiger partial charge in [0, 0.05) is 42.9 Å². The van der Waals surface area contributed by atoms with Crippen LogP contribution in [-0.2, 0) is 0 Å². The van der Waals surface area contributed by atoms with E-state index < -0.39 is 0 Å². The normalized spacial score (nSPS) is 11.8. The molecule has 6 heteroatoms. The molecule has 5 nitrogen and oxygen atoms in total. The van der Waals surface area contributed by atoms with E-state index in [1.54, 1.807) is 11.3 Å². The van der Waals surface area contributed by atoms with E-state index in [1.165, 1.54) is 20.2 Å². The molecule has 43 heavy (non-hydrogen) atoms. The standard InChI is InChI=1S/C37H25N5S/c1-3-12-25-21-31-29(22-30(25)38-2)27-19-20-28-26-17-10-11-18-32(26)43-34(28)33(27)42(31)37-40-35(23-13-6-4-7-14-23)39-36(41-37)24-15-8-5-9-16-24/h3-22H,2H2,1H3/b12-3-. The number of aliphatic imine (C=N–C) groups is 1. The quantitative estimate of drug-likeness (QED) is 0.193. The third-order valence-corrected chi connectivity index (χ3v) is 9.02. The molecule has 0 bridgehead atoms. The van der Waals surface area contributed by atoms with Gasteiger partial charge in [-0.25, -0.2) is 4.98 Å². The maximum absolute atomic E-state index is 5.14. The van der Waals surface area contributed by atoms with Crippen molar-refractivity contribution in [2.24, 2.45) is 4.99 Å². The SMILES string of the molecule is C=Nc1cc2c3ccc4c5ccccc5sc4c3n(-c3nc(-c4ccccc4)nc(-c4ccccc4)n3)c2cc1/C=C\C. The average molecular weight is 572 g/mol. The van der Waals surface area contributed by atoms with Crippen molar-refractivity contribution >= 4 is 71.8 Å². The summed E-state index contributed by atoms with van der Waals surface area (Å²) in [5, 5.41) is 4.66. The lowest BCUT2D eigenvalue weighted by Gasteiger charge is -2.11. The number of hydrogen-bond acceptors (Lipinski definition) is 5. The Balaban J connectivity index is 1.56. The van der Waals surface area contributed by atoms with Gasteiger partial charge in [-0.2, -0.15) is 9.97 Å². The topological polar surface area (TPSA) is 56.0 Å². The van der Waals surface area contributed by atoms with Gasteiger partial charge in [0.25, 0.3) is 0 Å². The van der Waals surface area contributed by atoms with Crippen molar-refractivity contribution in [2.45, 2.75) is 6.92 Å². The second kappa shape index (κ2) is 10.1. The van der Waals surface area contributed by atoms with Crippen LogP contribution in [0.15, 0.2) is 120 Å². The number of fused-ring (bicyclic) bond motifs is 7. The largest absolute Gasteiger partial charge is 0.276 e. The van der Waals surface area contributed by atoms with Gasteiger partial charge in [-0.1, -0.05) is 103 Å². The molecule has 3 heterocycles. The van der Waals surface area contributed by atoms with E-state index >= 15 is 0 Å². The van der Waals surface area contributed by atoms with Crippen molar-refractivity contribution in [3.05, 3.63) is 121 Å². The summed E-state index contributed by atoms with van der Waals surface area (Å²) in [6.45, 7) is 5.88. The summed E-state index contributed by atoms with van der Waals surface area (Å²) in [5.41, 5.74) is 5.77. The highest BCUT2D eigenvalue weighted by molar-refractivity contribution is 7.26. The summed E-state index contributed by atoms with van der Waals surface area (Å²) in [7, 11) is 0. The van der Waals surface area contributed by atoms with E-state index in [0.29, 0.717) is 17.6 Å². The van der Waals surface area contributed by atoms with E-state index in [0.717, 1.165) is 44.2 Å². The molecular formula is C37H25N5S. The zero-order valence-electron chi connectivity index (χ0n) is 23.4. The van der Waals surface area contributed by atoms with Crippen LogP contribution in [0.4, 0.5) is 5.69 Å². The molecule has 8 rings (SSSR count). The number of nitrogens with zero attached hydrogens (tertiary/aromatic N) is 5. The fourth-order valence-electron chi connectivity index (χ4n) is 5.88. The van der Waals surface area contributed by atoms with Crippen molar-refractivity contribution in [1.82, 2.24) is 19.5 Å². The predicted octanol–water partition coefficient (Wildman–Crippen LogP) is 10.0. The molecule has 5 aromatic carbocycles. The molecular weight excluding hydrogens is 547 g/mol. The van der Waals surface area contributed by atoms with Crippen molar-refractivity contribution in [3.63, 3.8) is 0 Å². The minimum absolute atomic E-state index is 0.573. The fourth-order valence-corrected chi connectivity index (χ4v) is 7.12. The first-order chi connectivity index (χ1) is 21.2. The van der Waals surface area contributed by atoms with E-state index in [-0.39, 0.29) is 0 Å². The molecule has 3 aromatic heterocycles. The van der Waals surface area contributed by atoms with E-state index in [1.807, 2.05) is 73.7 Å². The van der Waals surface area contributed by atoms with Crippen LogP contribution in [0.2, 0.25) is 0 Å². The molecule has 204 valence electrons. The lowest BCUT2D eigenvalue weighted by Crippen LogP contribution is -2.06. The van der Waals surface area contributed by atoms with Gasteiger partial charge in [-0.15, -0.1) is 11.3 Å². The zero-order valence-corrected chi connectivity index (χ0v) is 24.2. The summed E-state index contributed by atoms with van der Waals surface area (Å²) in [6, 6.07) is 37.5. The minimum atomic E-state index is 0.573. The number of benzene rings is 5. The molecule has 0 spiro atoms. The van der Waals surface area contributed by atoms with Gasteiger partial charge >= 0.3 is 0 Å². The Morgan fingerprint density at radius 2 is 1.35 bits per heavy atom. The number of allylic oxidation sites excluding steroid dienone is 1. The van der Waals surface area contributed by atoms with Crippen LogP contribution < -0.4 is 0 Å². The summed E-state index contributed by atoms with van der Waals surface area (Å²) in [5.74, 6) is 1.82. The monoisotopic (exact) mass is 571 g/mol. The van der Waals surface area contributed by atoms with Crippen molar-refractivity contribution in [3.8, 4) is 28.7 Å². The molecule has 0 radical (unpaired) electrons. The maximum atomic E-state index is 5.14. The van der Waals surface area contributed by atoms with Gasteiger partial charge in [-0.05, 0) is 31.8 Å². The Bertz CT molecular complexity index is 2310. The minimum Gasteiger partial charge on any atom is -0.276 e. The third kappa shape index (κ3) is 4.07. The first kappa shape index (κ1) is 25.3. The highest BCUT2D eigenvalue weighted by atomic mass is 32.1. The zero-order chi connectivity index (χ0) is 28.9. The van der Waals surface area contributed by atoms with Crippen LogP contribution in [0.1, 0.15) is 12.5 Å². The smallest absolute Gasteiger partial charge is 0.238 e. The first-order valence-corrected chi connectivity index (χ1v) is 14.9. The molecule has 0 aliphatic heterocycles. The second-order valence-corrected chi connectivity index (χ2v) is 11.4. The average Bonchev–Trinajstić information content (AvgIpc) is 3.60. The molecule has 0 atom stereocenters. The Kier molecular flexibility index (Phi) is 5.94. The lowest BCUT2D eigenvalue weighted by molar-refractivity contribution is 0.955. The van der Waals surface area contributed by atoms with Gasteiger partial charge in [0.15, 0.2) is 11.6 Å². The molecule has 0 fully saturated rings. The molecule has 8 aromatic rings. The van der Waals surface area contributed by atoms with Crippen LogP contribution in [0, 0.1) is 0 Å². The van der Waals surface area contributed by atoms with Crippen LogP contribution in [0.25, 0.3) is 76.8 Å². The Hall–Kier alpha value is -5.46. The highest BCUT2D eigenvalue weighted by Gasteiger charge is 2.22. The summed E-state index contributed by atoms with van der Waals surface area (Å²) < 4.78 is 4.65. The van der Waals surface area contributed by atoms with Crippen LogP contribution in [-0.4, -0.2) is 26.2 Å². The Morgan fingerprint density at radius 1 is 0.698 bits per heavy atom. The molecule has 0 N–H and O–H groups in total. The Labute approximate surface area is 252 Å². The molecule has 0 saturated carbocycles. The fraction of sp³-hybridized carbons (Fsp3) is 0.0270. The summed E-state index contributed by atoms with van der Waals surface area (Å²) in [4.78, 5) is 19.6. The maximum Gasteiger partial charge on any atom is 0.238 e. The van der Waals surface area contributed by atoms with Crippen molar-refractivity contribution in [2.75, 3.05) is 0 Å². The molecule has 0 aliphatic carbocycles. The second-order valence-electron chi connectivity index (χ2n) is 10.4. The third-order valence-electron chi connectivity index (χ3n) is 7.82. The number of aromatic nitrogens is 4. The number of thiophene rings is 1. The lowest BCUT2D eigenvalue weighted by atomic mass is 10.1. The van der Waals surface area contributed by atoms with Gasteiger partial charge in [0.2, 0.25) is 5.95 Å². The molecule has 0 unspecified atom stereocenters. The van der Waals surface area contributed by atoms with E-state index in [2.05, 4.69) is 70.9 Å². The van der Waals surface area contributed by atoms with Crippen molar-refractivity contribution < 1.29 is 0 Å². The van der Waals surface area contributed by atoms with Gasteiger partial charge in [-0.3, -0.25) is 9.56 Å². The van der Waals surface area contributed by atoms with Crippen LogP contribution >= 0.6 is 11.3 Å². The summed E-state index contributed by atoms with van der Waals surface area (Å²) in [6.07, 6.45) is 4.09. The van der Waals surface area contributed by atoms with E-state index in [4.69, 9.17) is 15.0 Å². The Morgan fingerprint density at radius 3 is 2.02 bits per heavy atom. The molecule has 0 amide bonds. The van der Waals surface area contributed by atoms with Crippen LogP contribution in [0.5, 0.6) is 0 Å². The van der Waals surface area contributed by atoms with Gasteiger partial charge in [0.1, 0.15) is 0 Å². The molecule has 0 aliphatic rings. The number of hydrogen-bond donors (Lipinski definition) is 0. The van der Waals surface area contributed by atoms with Crippen LogP contribution in [0.3, 0.4) is 0 Å². The van der Waals surface area contributed by atoms with E-state index in [9.17, 15) is 0 Å². The van der Waals surface area contributed by atoms with Crippen molar-refractivity contribution in [1.29, 1.82) is 0 Å². The van der Waals surface area contributed by atoms with Gasteiger partial charge < -0.3 is 0 Å².